The topological polar surface area (TPSA) is 29.3 Å². The molecule has 0 amide bonds. The van der Waals surface area contributed by atoms with Gasteiger partial charge in [0.2, 0.25) is 0 Å². The van der Waals surface area contributed by atoms with E-state index in [1.165, 1.54) is 25.1 Å². The smallest absolute Gasteiger partial charge is 0.0150 e. The Morgan fingerprint density at radius 1 is 1.29 bits per heavy atom. The first-order chi connectivity index (χ1) is 8.29. The van der Waals surface area contributed by atoms with Crippen molar-refractivity contribution >= 4 is 0 Å². The van der Waals surface area contributed by atoms with E-state index in [4.69, 9.17) is 5.73 Å². The van der Waals surface area contributed by atoms with Crippen molar-refractivity contribution in [3.8, 4) is 0 Å². The molecular formula is C15H24N2. The van der Waals surface area contributed by atoms with Crippen LogP contribution in [0.2, 0.25) is 0 Å². The van der Waals surface area contributed by atoms with Crippen LogP contribution in [0.25, 0.3) is 0 Å². The summed E-state index contributed by atoms with van der Waals surface area (Å²) in [6, 6.07) is 11.8. The molecule has 2 nitrogen and oxygen atoms in total. The van der Waals surface area contributed by atoms with E-state index >= 15 is 0 Å². The molecule has 1 heterocycles. The Morgan fingerprint density at radius 2 is 2.06 bits per heavy atom. The van der Waals surface area contributed by atoms with Gasteiger partial charge in [-0.15, -0.1) is 0 Å². The normalized spacial score (nSPS) is 26.0. The van der Waals surface area contributed by atoms with E-state index in [1.807, 2.05) is 0 Å². The van der Waals surface area contributed by atoms with Crippen LogP contribution in [0.1, 0.15) is 31.7 Å². The fraction of sp³-hybridized carbons (Fsp3) is 0.600. The molecule has 0 bridgehead atoms. The van der Waals surface area contributed by atoms with E-state index in [0.717, 1.165) is 19.3 Å². The molecule has 0 spiro atoms. The molecule has 0 aromatic heterocycles. The number of nitrogens with two attached hydrogens (primary N) is 1. The molecule has 1 fully saturated rings. The van der Waals surface area contributed by atoms with Crippen LogP contribution in [-0.2, 0) is 6.42 Å². The maximum atomic E-state index is 6.11. The number of hydrogen-bond acceptors (Lipinski definition) is 2. The number of nitrogens with zero attached hydrogens (tertiary/aromatic N) is 1. The van der Waals surface area contributed by atoms with Gasteiger partial charge in [0.15, 0.2) is 0 Å². The summed E-state index contributed by atoms with van der Waals surface area (Å²) in [6.45, 7) is 4.64. The van der Waals surface area contributed by atoms with Gasteiger partial charge in [-0.2, -0.15) is 0 Å². The van der Waals surface area contributed by atoms with Gasteiger partial charge >= 0.3 is 0 Å². The highest BCUT2D eigenvalue weighted by atomic mass is 15.2. The first-order valence-corrected chi connectivity index (χ1v) is 6.83. The fourth-order valence-electron chi connectivity index (χ4n) is 2.81. The van der Waals surface area contributed by atoms with Crippen molar-refractivity contribution in [3.05, 3.63) is 35.9 Å². The summed E-state index contributed by atoms with van der Waals surface area (Å²) in [4.78, 5) is 2.62. The summed E-state index contributed by atoms with van der Waals surface area (Å²) in [5.74, 6) is 0. The summed E-state index contributed by atoms with van der Waals surface area (Å²) >= 11 is 0. The highest BCUT2D eigenvalue weighted by Crippen LogP contribution is 2.20. The second-order valence-electron chi connectivity index (χ2n) is 5.16. The average Bonchev–Trinajstić information content (AvgIpc) is 2.34. The predicted octanol–water partition coefficient (Wildman–Crippen LogP) is 2.43. The average molecular weight is 232 g/mol. The molecule has 2 N–H and O–H groups in total. The SMILES string of the molecule is CCCN1CCC(N)CC1Cc1ccccc1. The van der Waals surface area contributed by atoms with Gasteiger partial charge in [0.1, 0.15) is 0 Å². The highest BCUT2D eigenvalue weighted by Gasteiger charge is 2.25. The van der Waals surface area contributed by atoms with Gasteiger partial charge in [-0.1, -0.05) is 37.3 Å². The van der Waals surface area contributed by atoms with Crippen molar-refractivity contribution in [1.29, 1.82) is 0 Å². The molecule has 1 aliphatic heterocycles. The third kappa shape index (κ3) is 3.55. The fourth-order valence-corrected chi connectivity index (χ4v) is 2.81. The summed E-state index contributed by atoms with van der Waals surface area (Å²) in [5, 5.41) is 0. The van der Waals surface area contributed by atoms with Crippen molar-refractivity contribution < 1.29 is 0 Å². The monoisotopic (exact) mass is 232 g/mol. The molecular weight excluding hydrogens is 208 g/mol. The summed E-state index contributed by atoms with van der Waals surface area (Å²) in [6.07, 6.45) is 4.69. The molecule has 0 aliphatic carbocycles. The Labute approximate surface area is 105 Å². The second-order valence-corrected chi connectivity index (χ2v) is 5.16. The standard InChI is InChI=1S/C15H24N2/c1-2-9-17-10-8-14(16)12-15(17)11-13-6-4-3-5-7-13/h3-7,14-15H,2,8-12,16H2,1H3. The number of rotatable bonds is 4. The van der Waals surface area contributed by atoms with E-state index in [9.17, 15) is 0 Å². The second kappa shape index (κ2) is 6.18. The van der Waals surface area contributed by atoms with Gasteiger partial charge in [-0.05, 0) is 44.3 Å². The molecule has 2 unspecified atom stereocenters. The van der Waals surface area contributed by atoms with E-state index in [1.54, 1.807) is 0 Å². The number of benzene rings is 1. The number of hydrogen-bond donors (Lipinski definition) is 1. The lowest BCUT2D eigenvalue weighted by Crippen LogP contribution is -2.48. The molecule has 94 valence electrons. The molecule has 0 saturated carbocycles. The largest absolute Gasteiger partial charge is 0.328 e. The molecule has 2 heteroatoms. The van der Waals surface area contributed by atoms with Crippen LogP contribution in [0, 0.1) is 0 Å². The zero-order valence-electron chi connectivity index (χ0n) is 10.8. The van der Waals surface area contributed by atoms with Crippen LogP contribution in [-0.4, -0.2) is 30.1 Å². The zero-order valence-corrected chi connectivity index (χ0v) is 10.8. The third-order valence-electron chi connectivity index (χ3n) is 3.70. The van der Waals surface area contributed by atoms with Crippen molar-refractivity contribution in [1.82, 2.24) is 4.90 Å². The van der Waals surface area contributed by atoms with Crippen LogP contribution >= 0.6 is 0 Å². The number of piperidine rings is 1. The molecule has 2 rings (SSSR count). The lowest BCUT2D eigenvalue weighted by Gasteiger charge is -2.38. The Morgan fingerprint density at radius 3 is 2.76 bits per heavy atom. The number of likely N-dealkylation sites (tertiary alicyclic amines) is 1. The zero-order chi connectivity index (χ0) is 12.1. The van der Waals surface area contributed by atoms with Gasteiger partial charge in [-0.3, -0.25) is 4.90 Å². The van der Waals surface area contributed by atoms with Crippen molar-refractivity contribution in [2.45, 2.75) is 44.7 Å². The van der Waals surface area contributed by atoms with E-state index in [-0.39, 0.29) is 0 Å². The molecule has 1 saturated heterocycles. The van der Waals surface area contributed by atoms with Crippen LogP contribution in [0.5, 0.6) is 0 Å². The van der Waals surface area contributed by atoms with Crippen molar-refractivity contribution in [2.24, 2.45) is 5.73 Å². The first-order valence-electron chi connectivity index (χ1n) is 6.83. The van der Waals surface area contributed by atoms with Gasteiger partial charge in [0.25, 0.3) is 0 Å². The van der Waals surface area contributed by atoms with Crippen molar-refractivity contribution in [3.63, 3.8) is 0 Å². The Balaban J connectivity index is 1.99. The lowest BCUT2D eigenvalue weighted by molar-refractivity contribution is 0.135. The Bertz CT molecular complexity index is 323. The van der Waals surface area contributed by atoms with Gasteiger partial charge in [0.05, 0.1) is 0 Å². The highest BCUT2D eigenvalue weighted by molar-refractivity contribution is 5.16. The summed E-state index contributed by atoms with van der Waals surface area (Å²) in [5.41, 5.74) is 7.55. The van der Waals surface area contributed by atoms with Crippen LogP contribution in [0.4, 0.5) is 0 Å². The Hall–Kier alpha value is -0.860. The molecule has 2 atom stereocenters. The van der Waals surface area contributed by atoms with Gasteiger partial charge in [0, 0.05) is 12.1 Å². The molecule has 1 aliphatic rings. The Kier molecular flexibility index (Phi) is 4.57. The van der Waals surface area contributed by atoms with Crippen LogP contribution < -0.4 is 5.73 Å². The first kappa shape index (κ1) is 12.6. The molecule has 1 aromatic carbocycles. The van der Waals surface area contributed by atoms with Gasteiger partial charge < -0.3 is 5.73 Å². The van der Waals surface area contributed by atoms with Crippen LogP contribution in [0.3, 0.4) is 0 Å². The lowest BCUT2D eigenvalue weighted by atomic mass is 9.92. The predicted molar refractivity (Wildman–Crippen MR) is 73.0 cm³/mol. The summed E-state index contributed by atoms with van der Waals surface area (Å²) < 4.78 is 0. The third-order valence-corrected chi connectivity index (χ3v) is 3.70. The molecule has 0 radical (unpaired) electrons. The minimum atomic E-state index is 0.400. The minimum Gasteiger partial charge on any atom is -0.328 e. The quantitative estimate of drug-likeness (QED) is 0.864. The van der Waals surface area contributed by atoms with Crippen LogP contribution in [0.15, 0.2) is 30.3 Å². The maximum absolute atomic E-state index is 6.11. The van der Waals surface area contributed by atoms with E-state index in [2.05, 4.69) is 42.2 Å². The van der Waals surface area contributed by atoms with Crippen molar-refractivity contribution in [2.75, 3.05) is 13.1 Å². The van der Waals surface area contributed by atoms with Gasteiger partial charge in [-0.25, -0.2) is 0 Å². The molecule has 17 heavy (non-hydrogen) atoms. The van der Waals surface area contributed by atoms with E-state index < -0.39 is 0 Å². The molecule has 1 aromatic rings. The van der Waals surface area contributed by atoms with E-state index in [0.29, 0.717) is 12.1 Å². The summed E-state index contributed by atoms with van der Waals surface area (Å²) in [7, 11) is 0. The minimum absolute atomic E-state index is 0.400. The maximum Gasteiger partial charge on any atom is 0.0150 e.